The van der Waals surface area contributed by atoms with Crippen molar-refractivity contribution in [3.8, 4) is 0 Å². The highest BCUT2D eigenvalue weighted by atomic mass is 79.9. The van der Waals surface area contributed by atoms with Gasteiger partial charge in [-0.15, -0.1) is 11.6 Å². The summed E-state index contributed by atoms with van der Waals surface area (Å²) in [7, 11) is 2.06. The van der Waals surface area contributed by atoms with E-state index in [-0.39, 0.29) is 6.10 Å². The quantitative estimate of drug-likeness (QED) is 0.733. The molecule has 0 spiro atoms. The van der Waals surface area contributed by atoms with Gasteiger partial charge in [-0.2, -0.15) is 0 Å². The molecule has 0 atom stereocenters. The van der Waals surface area contributed by atoms with Crippen LogP contribution < -0.4 is 4.90 Å². The Bertz CT molecular complexity index is 357. The van der Waals surface area contributed by atoms with Crippen molar-refractivity contribution in [3.05, 3.63) is 28.2 Å². The molecule has 0 saturated carbocycles. The summed E-state index contributed by atoms with van der Waals surface area (Å²) in [5, 5.41) is 0. The molecule has 0 saturated heterocycles. The number of alkyl halides is 1. The number of rotatable bonds is 6. The first kappa shape index (κ1) is 14.8. The number of benzene rings is 1. The Balaban J connectivity index is 2.57. The zero-order valence-corrected chi connectivity index (χ0v) is 12.9. The number of hydrogen-bond donors (Lipinski definition) is 0. The van der Waals surface area contributed by atoms with Crippen molar-refractivity contribution in [2.75, 3.05) is 25.1 Å². The molecule has 0 heterocycles. The third kappa shape index (κ3) is 4.86. The molecule has 1 rings (SSSR count). The number of ether oxygens (including phenoxy) is 1. The van der Waals surface area contributed by atoms with E-state index in [1.165, 1.54) is 0 Å². The van der Waals surface area contributed by atoms with Crippen LogP contribution in [-0.4, -0.2) is 26.3 Å². The molecular weight excluding hydrogens is 302 g/mol. The molecule has 0 aliphatic heterocycles. The van der Waals surface area contributed by atoms with Crippen molar-refractivity contribution in [2.24, 2.45) is 0 Å². The normalized spacial score (nSPS) is 10.9. The minimum Gasteiger partial charge on any atom is -0.377 e. The largest absolute Gasteiger partial charge is 0.377 e. The molecule has 1 aromatic rings. The Hall–Kier alpha value is -0.250. The van der Waals surface area contributed by atoms with E-state index in [4.69, 9.17) is 16.3 Å². The van der Waals surface area contributed by atoms with E-state index < -0.39 is 0 Å². The lowest BCUT2D eigenvalue weighted by atomic mass is 10.2. The van der Waals surface area contributed by atoms with Gasteiger partial charge in [-0.1, -0.05) is 22.0 Å². The monoisotopic (exact) mass is 319 g/mol. The summed E-state index contributed by atoms with van der Waals surface area (Å²) in [6.45, 7) is 5.71. The van der Waals surface area contributed by atoms with Crippen LogP contribution in [0.5, 0.6) is 0 Å². The molecule has 0 bridgehead atoms. The second kappa shape index (κ2) is 7.24. The Kier molecular flexibility index (Phi) is 6.31. The molecule has 0 amide bonds. The van der Waals surface area contributed by atoms with E-state index in [9.17, 15) is 0 Å². The molecule has 4 heteroatoms. The SMILES string of the molecule is CC(C)OCCN(C)c1ccc(CCl)c(Br)c1. The third-order valence-electron chi connectivity index (χ3n) is 2.50. The predicted octanol–water partition coefficient (Wildman–Crippen LogP) is 4.05. The highest BCUT2D eigenvalue weighted by Crippen LogP contribution is 2.24. The van der Waals surface area contributed by atoms with Crippen LogP contribution in [0.2, 0.25) is 0 Å². The van der Waals surface area contributed by atoms with E-state index >= 15 is 0 Å². The molecule has 17 heavy (non-hydrogen) atoms. The topological polar surface area (TPSA) is 12.5 Å². The summed E-state index contributed by atoms with van der Waals surface area (Å²) in [4.78, 5) is 2.17. The van der Waals surface area contributed by atoms with Crippen molar-refractivity contribution in [3.63, 3.8) is 0 Å². The van der Waals surface area contributed by atoms with Gasteiger partial charge in [0, 0.05) is 29.6 Å². The molecule has 0 aliphatic rings. The summed E-state index contributed by atoms with van der Waals surface area (Å²) in [5.74, 6) is 0.529. The fourth-order valence-electron chi connectivity index (χ4n) is 1.44. The molecule has 0 unspecified atom stereocenters. The summed E-state index contributed by atoms with van der Waals surface area (Å²) in [5.41, 5.74) is 2.28. The van der Waals surface area contributed by atoms with E-state index in [0.29, 0.717) is 5.88 Å². The number of anilines is 1. The zero-order valence-electron chi connectivity index (χ0n) is 10.5. The van der Waals surface area contributed by atoms with Crippen LogP contribution in [0.25, 0.3) is 0 Å². The van der Waals surface area contributed by atoms with Crippen molar-refractivity contribution in [1.29, 1.82) is 0 Å². The van der Waals surface area contributed by atoms with Gasteiger partial charge in [-0.25, -0.2) is 0 Å². The average Bonchev–Trinajstić information content (AvgIpc) is 2.28. The zero-order chi connectivity index (χ0) is 12.8. The smallest absolute Gasteiger partial charge is 0.0644 e. The summed E-state index contributed by atoms with van der Waals surface area (Å²) in [6.07, 6.45) is 0.286. The van der Waals surface area contributed by atoms with Crippen molar-refractivity contribution < 1.29 is 4.74 Å². The maximum atomic E-state index is 5.82. The predicted molar refractivity (Wildman–Crippen MR) is 78.1 cm³/mol. The van der Waals surface area contributed by atoms with Gasteiger partial charge in [0.25, 0.3) is 0 Å². The van der Waals surface area contributed by atoms with Gasteiger partial charge in [0.05, 0.1) is 12.7 Å². The fourth-order valence-corrected chi connectivity index (χ4v) is 2.34. The van der Waals surface area contributed by atoms with Crippen LogP contribution in [-0.2, 0) is 10.6 Å². The molecule has 0 aliphatic carbocycles. The van der Waals surface area contributed by atoms with Crippen LogP contribution in [0.15, 0.2) is 22.7 Å². The second-order valence-corrected chi connectivity index (χ2v) is 5.37. The molecule has 1 aromatic carbocycles. The van der Waals surface area contributed by atoms with Crippen LogP contribution in [0.3, 0.4) is 0 Å². The van der Waals surface area contributed by atoms with E-state index in [1.54, 1.807) is 0 Å². The number of likely N-dealkylation sites (N-methyl/N-ethyl adjacent to an activating group) is 1. The van der Waals surface area contributed by atoms with Crippen molar-refractivity contribution >= 4 is 33.2 Å². The van der Waals surface area contributed by atoms with Gasteiger partial charge in [0.15, 0.2) is 0 Å². The molecule has 0 fully saturated rings. The van der Waals surface area contributed by atoms with Gasteiger partial charge in [-0.3, -0.25) is 0 Å². The van der Waals surface area contributed by atoms with Crippen LogP contribution in [0.1, 0.15) is 19.4 Å². The Morgan fingerprint density at radius 3 is 2.65 bits per heavy atom. The maximum absolute atomic E-state index is 5.82. The summed E-state index contributed by atoms with van der Waals surface area (Å²) < 4.78 is 6.59. The van der Waals surface area contributed by atoms with Gasteiger partial charge in [0.2, 0.25) is 0 Å². The third-order valence-corrected chi connectivity index (χ3v) is 3.53. The van der Waals surface area contributed by atoms with Gasteiger partial charge >= 0.3 is 0 Å². The molecule has 0 N–H and O–H groups in total. The first-order chi connectivity index (χ1) is 8.04. The minimum absolute atomic E-state index is 0.286. The minimum atomic E-state index is 0.286. The Labute approximate surface area is 117 Å². The molecule has 0 radical (unpaired) electrons. The van der Waals surface area contributed by atoms with Gasteiger partial charge in [0.1, 0.15) is 0 Å². The lowest BCUT2D eigenvalue weighted by Gasteiger charge is -2.20. The summed E-state index contributed by atoms with van der Waals surface area (Å²) in [6, 6.07) is 6.22. The first-order valence-corrected chi connectivity index (χ1v) is 7.04. The lowest BCUT2D eigenvalue weighted by Crippen LogP contribution is -2.23. The number of halogens is 2. The van der Waals surface area contributed by atoms with Crippen LogP contribution in [0, 0.1) is 0 Å². The van der Waals surface area contributed by atoms with Crippen LogP contribution >= 0.6 is 27.5 Å². The van der Waals surface area contributed by atoms with Gasteiger partial charge < -0.3 is 9.64 Å². The second-order valence-electron chi connectivity index (χ2n) is 4.25. The summed E-state index contributed by atoms with van der Waals surface area (Å²) >= 11 is 9.34. The van der Waals surface area contributed by atoms with Crippen LogP contribution in [0.4, 0.5) is 5.69 Å². The van der Waals surface area contributed by atoms with Gasteiger partial charge in [-0.05, 0) is 31.5 Å². The molecule has 96 valence electrons. The van der Waals surface area contributed by atoms with E-state index in [1.807, 2.05) is 19.9 Å². The van der Waals surface area contributed by atoms with Crippen molar-refractivity contribution in [1.82, 2.24) is 0 Å². The molecule has 2 nitrogen and oxygen atoms in total. The Morgan fingerprint density at radius 1 is 1.41 bits per heavy atom. The van der Waals surface area contributed by atoms with E-state index in [0.717, 1.165) is 28.9 Å². The fraction of sp³-hybridized carbons (Fsp3) is 0.538. The average molecular weight is 321 g/mol. The standard InChI is InChI=1S/C13H19BrClNO/c1-10(2)17-7-6-16(3)12-5-4-11(9-15)13(14)8-12/h4-5,8,10H,6-7,9H2,1-3H3. The highest BCUT2D eigenvalue weighted by Gasteiger charge is 2.05. The molecular formula is C13H19BrClNO. The lowest BCUT2D eigenvalue weighted by molar-refractivity contribution is 0.0846. The highest BCUT2D eigenvalue weighted by molar-refractivity contribution is 9.10. The Morgan fingerprint density at radius 2 is 2.12 bits per heavy atom. The molecule has 0 aromatic heterocycles. The number of nitrogens with zero attached hydrogens (tertiary/aromatic N) is 1. The number of hydrogen-bond acceptors (Lipinski definition) is 2. The first-order valence-electron chi connectivity index (χ1n) is 5.71. The maximum Gasteiger partial charge on any atom is 0.0644 e. The van der Waals surface area contributed by atoms with Crippen molar-refractivity contribution in [2.45, 2.75) is 25.8 Å². The van der Waals surface area contributed by atoms with E-state index in [2.05, 4.69) is 40.0 Å².